The highest BCUT2D eigenvalue weighted by Gasteiger charge is 2.39. The normalized spacial score (nSPS) is 21.1. The molecule has 0 bridgehead atoms. The summed E-state index contributed by atoms with van der Waals surface area (Å²) in [6.07, 6.45) is 2.90. The van der Waals surface area contributed by atoms with Crippen LogP contribution in [-0.4, -0.2) is 25.2 Å². The molecule has 0 aliphatic carbocycles. The Morgan fingerprint density at radius 3 is 2.28 bits per heavy atom. The molecule has 3 nitrogen and oxygen atoms in total. The Hall–Kier alpha value is -0.570. The Bertz CT molecular complexity index is 270. The lowest BCUT2D eigenvalue weighted by atomic mass is 9.73. The van der Waals surface area contributed by atoms with E-state index in [1.54, 1.807) is 0 Å². The summed E-state index contributed by atoms with van der Waals surface area (Å²) in [5.74, 6) is 0.824. The second-order valence-corrected chi connectivity index (χ2v) is 6.52. The van der Waals surface area contributed by atoms with Crippen LogP contribution in [0.2, 0.25) is 0 Å². The van der Waals surface area contributed by atoms with Crippen molar-refractivity contribution in [1.29, 1.82) is 0 Å². The van der Waals surface area contributed by atoms with E-state index in [1.807, 2.05) is 0 Å². The number of hydrogen-bond donors (Lipinski definition) is 1. The van der Waals surface area contributed by atoms with Crippen molar-refractivity contribution in [3.05, 3.63) is 0 Å². The van der Waals surface area contributed by atoms with Crippen molar-refractivity contribution in [3.63, 3.8) is 0 Å². The first-order valence-electron chi connectivity index (χ1n) is 7.28. The van der Waals surface area contributed by atoms with Crippen LogP contribution in [0.15, 0.2) is 0 Å². The number of piperidine rings is 1. The van der Waals surface area contributed by atoms with Crippen LogP contribution in [0.3, 0.4) is 0 Å². The number of ether oxygens (including phenoxy) is 1. The lowest BCUT2D eigenvalue weighted by molar-refractivity contribution is -0.165. The summed E-state index contributed by atoms with van der Waals surface area (Å²) in [5, 5.41) is 3.29. The molecule has 0 radical (unpaired) electrons. The van der Waals surface area contributed by atoms with E-state index in [0.717, 1.165) is 32.4 Å². The fourth-order valence-corrected chi connectivity index (χ4v) is 2.60. The number of carbonyl (C=O) groups is 1. The van der Waals surface area contributed by atoms with E-state index < -0.39 is 0 Å². The Kier molecular flexibility index (Phi) is 5.64. The molecule has 0 amide bonds. The molecule has 0 aromatic rings. The lowest BCUT2D eigenvalue weighted by Gasteiger charge is -2.35. The topological polar surface area (TPSA) is 38.3 Å². The molecule has 0 saturated carbocycles. The predicted octanol–water partition coefficient (Wildman–Crippen LogP) is 2.99. The predicted molar refractivity (Wildman–Crippen MR) is 74.4 cm³/mol. The van der Waals surface area contributed by atoms with Gasteiger partial charge in [-0.2, -0.15) is 0 Å². The number of rotatable bonds is 5. The molecule has 1 N–H and O–H groups in total. The quantitative estimate of drug-likeness (QED) is 0.768. The summed E-state index contributed by atoms with van der Waals surface area (Å²) in [5.41, 5.74) is -0.348. The molecule has 1 aliphatic heterocycles. The monoisotopic (exact) mass is 255 g/mol. The van der Waals surface area contributed by atoms with E-state index in [9.17, 15) is 4.79 Å². The van der Waals surface area contributed by atoms with Crippen molar-refractivity contribution < 1.29 is 9.53 Å². The number of nitrogens with one attached hydrogen (secondary N) is 1. The van der Waals surface area contributed by atoms with Crippen molar-refractivity contribution in [3.8, 4) is 0 Å². The molecule has 1 unspecified atom stereocenters. The lowest BCUT2D eigenvalue weighted by Crippen LogP contribution is -2.41. The van der Waals surface area contributed by atoms with Gasteiger partial charge in [0.1, 0.15) is 6.10 Å². The number of carbonyl (C=O) groups excluding carboxylic acids is 1. The fourth-order valence-electron chi connectivity index (χ4n) is 2.60. The van der Waals surface area contributed by atoms with E-state index in [2.05, 4.69) is 39.9 Å². The zero-order chi connectivity index (χ0) is 13.8. The van der Waals surface area contributed by atoms with Crippen LogP contribution in [0.25, 0.3) is 0 Å². The van der Waals surface area contributed by atoms with E-state index in [1.165, 1.54) is 0 Å². The fraction of sp³-hybridized carbons (Fsp3) is 0.933. The van der Waals surface area contributed by atoms with Crippen molar-refractivity contribution >= 4 is 5.97 Å². The summed E-state index contributed by atoms with van der Waals surface area (Å²) in [7, 11) is 0. The molecule has 3 heteroatoms. The van der Waals surface area contributed by atoms with Gasteiger partial charge in [0, 0.05) is 0 Å². The van der Waals surface area contributed by atoms with Gasteiger partial charge in [0.2, 0.25) is 0 Å². The molecule has 0 spiro atoms. The molecule has 1 atom stereocenters. The van der Waals surface area contributed by atoms with E-state index in [-0.39, 0.29) is 17.5 Å². The van der Waals surface area contributed by atoms with Gasteiger partial charge in [0.05, 0.1) is 5.41 Å². The summed E-state index contributed by atoms with van der Waals surface area (Å²) in [6.45, 7) is 12.5. The van der Waals surface area contributed by atoms with Crippen LogP contribution in [0, 0.1) is 17.3 Å². The maximum Gasteiger partial charge on any atom is 0.312 e. The van der Waals surface area contributed by atoms with Gasteiger partial charge in [0.15, 0.2) is 0 Å². The Balaban J connectivity index is 2.64. The van der Waals surface area contributed by atoms with Gasteiger partial charge in [-0.05, 0) is 51.1 Å². The third kappa shape index (κ3) is 3.98. The van der Waals surface area contributed by atoms with Crippen LogP contribution in [0.1, 0.15) is 53.9 Å². The summed E-state index contributed by atoms with van der Waals surface area (Å²) >= 11 is 0. The maximum absolute atomic E-state index is 12.5. The maximum atomic E-state index is 12.5. The first-order valence-corrected chi connectivity index (χ1v) is 7.28. The summed E-state index contributed by atoms with van der Waals surface area (Å²) in [4.78, 5) is 12.5. The third-order valence-corrected chi connectivity index (χ3v) is 4.13. The zero-order valence-corrected chi connectivity index (χ0v) is 12.6. The van der Waals surface area contributed by atoms with Crippen molar-refractivity contribution in [2.75, 3.05) is 13.1 Å². The molecule has 1 heterocycles. The molecule has 0 aromatic heterocycles. The van der Waals surface area contributed by atoms with E-state index >= 15 is 0 Å². The van der Waals surface area contributed by atoms with Gasteiger partial charge in [-0.3, -0.25) is 4.79 Å². The highest BCUT2D eigenvalue weighted by molar-refractivity contribution is 5.76. The SMILES string of the molecule is CC(C)CC(C)(C(=O)OC1CCNCC1)C(C)C. The first kappa shape index (κ1) is 15.5. The average Bonchev–Trinajstić information content (AvgIpc) is 2.29. The Morgan fingerprint density at radius 1 is 1.28 bits per heavy atom. The van der Waals surface area contributed by atoms with Crippen molar-refractivity contribution in [1.82, 2.24) is 5.32 Å². The van der Waals surface area contributed by atoms with Gasteiger partial charge in [0.25, 0.3) is 0 Å². The van der Waals surface area contributed by atoms with Crippen LogP contribution in [0.4, 0.5) is 0 Å². The molecule has 1 saturated heterocycles. The number of hydrogen-bond acceptors (Lipinski definition) is 3. The molecular weight excluding hydrogens is 226 g/mol. The molecule has 106 valence electrons. The van der Waals surface area contributed by atoms with Crippen LogP contribution in [-0.2, 0) is 9.53 Å². The molecule has 1 aliphatic rings. The molecule has 18 heavy (non-hydrogen) atoms. The van der Waals surface area contributed by atoms with Gasteiger partial charge >= 0.3 is 5.97 Å². The average molecular weight is 255 g/mol. The largest absolute Gasteiger partial charge is 0.462 e. The minimum absolute atomic E-state index is 0.00176. The van der Waals surface area contributed by atoms with E-state index in [0.29, 0.717) is 11.8 Å². The minimum Gasteiger partial charge on any atom is -0.462 e. The zero-order valence-electron chi connectivity index (χ0n) is 12.6. The van der Waals surface area contributed by atoms with E-state index in [4.69, 9.17) is 4.74 Å². The van der Waals surface area contributed by atoms with Crippen molar-refractivity contribution in [2.24, 2.45) is 17.3 Å². The molecule has 0 aromatic carbocycles. The van der Waals surface area contributed by atoms with Gasteiger partial charge in [-0.15, -0.1) is 0 Å². The third-order valence-electron chi connectivity index (χ3n) is 4.13. The molecule has 1 rings (SSSR count). The second kappa shape index (κ2) is 6.55. The Labute approximate surface area is 112 Å². The second-order valence-electron chi connectivity index (χ2n) is 6.52. The smallest absolute Gasteiger partial charge is 0.312 e. The van der Waals surface area contributed by atoms with Crippen LogP contribution >= 0.6 is 0 Å². The first-order chi connectivity index (χ1) is 8.36. The minimum atomic E-state index is -0.348. The summed E-state index contributed by atoms with van der Waals surface area (Å²) < 4.78 is 5.74. The standard InChI is InChI=1S/C15H29NO2/c1-11(2)10-15(5,12(3)4)14(17)18-13-6-8-16-9-7-13/h11-13,16H,6-10H2,1-5H3. The highest BCUT2D eigenvalue weighted by Crippen LogP contribution is 2.36. The number of esters is 1. The van der Waals surface area contributed by atoms with Gasteiger partial charge in [-0.1, -0.05) is 27.7 Å². The molecule has 1 fully saturated rings. The Morgan fingerprint density at radius 2 is 1.83 bits per heavy atom. The highest BCUT2D eigenvalue weighted by atomic mass is 16.5. The van der Waals surface area contributed by atoms with Crippen LogP contribution < -0.4 is 5.32 Å². The van der Waals surface area contributed by atoms with Gasteiger partial charge in [-0.25, -0.2) is 0 Å². The molecular formula is C15H29NO2. The van der Waals surface area contributed by atoms with Gasteiger partial charge < -0.3 is 10.1 Å². The summed E-state index contributed by atoms with van der Waals surface area (Å²) in [6, 6.07) is 0. The van der Waals surface area contributed by atoms with Crippen LogP contribution in [0.5, 0.6) is 0 Å². The van der Waals surface area contributed by atoms with Crippen molar-refractivity contribution in [2.45, 2.75) is 60.0 Å².